The van der Waals surface area contributed by atoms with Crippen LogP contribution in [-0.4, -0.2) is 31.4 Å². The molecule has 3 heteroatoms. The van der Waals surface area contributed by atoms with E-state index in [2.05, 4.69) is 30.4 Å². The van der Waals surface area contributed by atoms with Crippen LogP contribution in [0.4, 0.5) is 0 Å². The van der Waals surface area contributed by atoms with Crippen molar-refractivity contribution in [3.8, 4) is 5.75 Å². The third-order valence-electron chi connectivity index (χ3n) is 4.07. The van der Waals surface area contributed by atoms with Crippen molar-refractivity contribution in [3.05, 3.63) is 29.8 Å². The van der Waals surface area contributed by atoms with E-state index in [1.807, 2.05) is 6.07 Å². The van der Waals surface area contributed by atoms with Gasteiger partial charge in [0.2, 0.25) is 0 Å². The molecule has 1 N–H and O–H groups in total. The molecular weight excluding hydrogens is 226 g/mol. The van der Waals surface area contributed by atoms with Crippen molar-refractivity contribution in [1.82, 2.24) is 5.32 Å². The largest absolute Gasteiger partial charge is 0.488 e. The Morgan fingerprint density at radius 2 is 2.06 bits per heavy atom. The Morgan fingerprint density at radius 1 is 1.28 bits per heavy atom. The minimum Gasteiger partial charge on any atom is -0.488 e. The highest BCUT2D eigenvalue weighted by atomic mass is 16.5. The second-order valence-corrected chi connectivity index (χ2v) is 5.61. The van der Waals surface area contributed by atoms with Gasteiger partial charge in [-0.1, -0.05) is 18.2 Å². The molecule has 1 atom stereocenters. The number of rotatable bonds is 3. The fourth-order valence-electron chi connectivity index (χ4n) is 2.73. The maximum Gasteiger partial charge on any atom is 0.123 e. The normalized spacial score (nSPS) is 25.5. The van der Waals surface area contributed by atoms with Gasteiger partial charge >= 0.3 is 0 Å². The Hall–Kier alpha value is -1.06. The van der Waals surface area contributed by atoms with Gasteiger partial charge in [-0.2, -0.15) is 0 Å². The van der Waals surface area contributed by atoms with E-state index in [-0.39, 0.29) is 11.6 Å². The van der Waals surface area contributed by atoms with Crippen LogP contribution in [-0.2, 0) is 11.2 Å². The second-order valence-electron chi connectivity index (χ2n) is 5.61. The van der Waals surface area contributed by atoms with Gasteiger partial charge in [0.15, 0.2) is 0 Å². The van der Waals surface area contributed by atoms with Crippen LogP contribution < -0.4 is 10.1 Å². The zero-order valence-corrected chi connectivity index (χ0v) is 10.9. The molecule has 1 aromatic carbocycles. The van der Waals surface area contributed by atoms with Gasteiger partial charge in [0.05, 0.1) is 0 Å². The van der Waals surface area contributed by atoms with Gasteiger partial charge < -0.3 is 14.8 Å². The molecule has 0 saturated carbocycles. The highest BCUT2D eigenvalue weighted by Crippen LogP contribution is 2.28. The zero-order valence-electron chi connectivity index (χ0n) is 10.9. The minimum atomic E-state index is 0.219. The molecule has 2 heterocycles. The monoisotopic (exact) mass is 247 g/mol. The van der Waals surface area contributed by atoms with Gasteiger partial charge in [0.25, 0.3) is 0 Å². The fourth-order valence-corrected chi connectivity index (χ4v) is 2.73. The summed E-state index contributed by atoms with van der Waals surface area (Å²) >= 11 is 0. The molecule has 0 amide bonds. The maximum absolute atomic E-state index is 5.95. The summed E-state index contributed by atoms with van der Waals surface area (Å²) in [5, 5.41) is 3.67. The first-order chi connectivity index (χ1) is 8.75. The number of benzene rings is 1. The Balaban J connectivity index is 1.53. The molecule has 2 aliphatic heterocycles. The van der Waals surface area contributed by atoms with Crippen LogP contribution in [0.2, 0.25) is 0 Å². The molecule has 2 aliphatic rings. The molecule has 0 bridgehead atoms. The van der Waals surface area contributed by atoms with E-state index < -0.39 is 0 Å². The molecule has 0 radical (unpaired) electrons. The fraction of sp³-hybridized carbons (Fsp3) is 0.600. The molecule has 1 aromatic rings. The molecule has 0 aliphatic carbocycles. The quantitative estimate of drug-likeness (QED) is 0.887. The predicted molar refractivity (Wildman–Crippen MR) is 71.0 cm³/mol. The van der Waals surface area contributed by atoms with E-state index >= 15 is 0 Å². The van der Waals surface area contributed by atoms with Crippen LogP contribution in [0.15, 0.2) is 24.3 Å². The van der Waals surface area contributed by atoms with Gasteiger partial charge in [-0.25, -0.2) is 0 Å². The maximum atomic E-state index is 5.95. The highest BCUT2D eigenvalue weighted by Gasteiger charge is 2.29. The summed E-state index contributed by atoms with van der Waals surface area (Å²) in [6, 6.07) is 8.34. The number of ether oxygens (including phenoxy) is 2. The third-order valence-corrected chi connectivity index (χ3v) is 4.07. The summed E-state index contributed by atoms with van der Waals surface area (Å²) < 4.78 is 11.4. The van der Waals surface area contributed by atoms with E-state index in [0.29, 0.717) is 0 Å². The van der Waals surface area contributed by atoms with Crippen LogP contribution in [0, 0.1) is 0 Å². The van der Waals surface area contributed by atoms with Crippen molar-refractivity contribution in [2.24, 2.45) is 0 Å². The summed E-state index contributed by atoms with van der Waals surface area (Å²) in [5.41, 5.74) is 1.55. The van der Waals surface area contributed by atoms with Crippen LogP contribution in [0.25, 0.3) is 0 Å². The Kier molecular flexibility index (Phi) is 3.27. The molecular formula is C15H21NO2. The summed E-state index contributed by atoms with van der Waals surface area (Å²) in [4.78, 5) is 0. The molecule has 1 fully saturated rings. The molecule has 98 valence electrons. The van der Waals surface area contributed by atoms with Crippen LogP contribution in [0.3, 0.4) is 0 Å². The second kappa shape index (κ2) is 4.90. The lowest BCUT2D eigenvalue weighted by Crippen LogP contribution is -2.50. The van der Waals surface area contributed by atoms with Crippen molar-refractivity contribution in [3.63, 3.8) is 0 Å². The topological polar surface area (TPSA) is 30.5 Å². The van der Waals surface area contributed by atoms with E-state index in [4.69, 9.17) is 9.47 Å². The molecule has 3 nitrogen and oxygen atoms in total. The number of hydrogen-bond donors (Lipinski definition) is 1. The molecule has 0 spiro atoms. The number of hydrogen-bond acceptors (Lipinski definition) is 3. The first-order valence-electron chi connectivity index (χ1n) is 6.83. The standard InChI is InChI=1S/C15H21NO2/c1-15(6-8-17-9-7-15)16-11-13-10-12-4-2-3-5-14(12)18-13/h2-5,13,16H,6-11H2,1H3. The van der Waals surface area contributed by atoms with Crippen molar-refractivity contribution in [2.45, 2.75) is 37.8 Å². The average Bonchev–Trinajstić information content (AvgIpc) is 2.80. The van der Waals surface area contributed by atoms with E-state index in [0.717, 1.165) is 44.8 Å². The van der Waals surface area contributed by atoms with Crippen molar-refractivity contribution in [2.75, 3.05) is 19.8 Å². The SMILES string of the molecule is CC1(NCC2Cc3ccccc3O2)CCOCC1. The number of para-hydroxylation sites is 1. The van der Waals surface area contributed by atoms with Crippen molar-refractivity contribution < 1.29 is 9.47 Å². The summed E-state index contributed by atoms with van der Waals surface area (Å²) in [6.07, 6.45) is 3.48. The van der Waals surface area contributed by atoms with E-state index in [9.17, 15) is 0 Å². The van der Waals surface area contributed by atoms with Crippen LogP contribution in [0.5, 0.6) is 5.75 Å². The first kappa shape index (κ1) is 12.0. The minimum absolute atomic E-state index is 0.219. The molecule has 1 saturated heterocycles. The smallest absolute Gasteiger partial charge is 0.123 e. The van der Waals surface area contributed by atoms with Gasteiger partial charge in [-0.3, -0.25) is 0 Å². The average molecular weight is 247 g/mol. The molecule has 1 unspecified atom stereocenters. The Bertz CT molecular complexity index is 388. The van der Waals surface area contributed by atoms with E-state index in [1.54, 1.807) is 0 Å². The first-order valence-corrected chi connectivity index (χ1v) is 6.83. The highest BCUT2D eigenvalue weighted by molar-refractivity contribution is 5.37. The third kappa shape index (κ3) is 2.52. The summed E-state index contributed by atoms with van der Waals surface area (Å²) in [7, 11) is 0. The lowest BCUT2D eigenvalue weighted by Gasteiger charge is -2.35. The zero-order chi connectivity index (χ0) is 12.4. The van der Waals surface area contributed by atoms with Gasteiger partial charge in [-0.15, -0.1) is 0 Å². The number of fused-ring (bicyclic) bond motifs is 1. The molecule has 18 heavy (non-hydrogen) atoms. The summed E-state index contributed by atoms with van der Waals surface area (Å²) in [6.45, 7) is 4.95. The molecule has 3 rings (SSSR count). The van der Waals surface area contributed by atoms with Crippen molar-refractivity contribution in [1.29, 1.82) is 0 Å². The Morgan fingerprint density at radius 3 is 2.83 bits per heavy atom. The predicted octanol–water partition coefficient (Wildman–Crippen LogP) is 2.15. The lowest BCUT2D eigenvalue weighted by atomic mass is 9.92. The van der Waals surface area contributed by atoms with Gasteiger partial charge in [0, 0.05) is 31.7 Å². The van der Waals surface area contributed by atoms with Gasteiger partial charge in [0.1, 0.15) is 11.9 Å². The lowest BCUT2D eigenvalue weighted by molar-refractivity contribution is 0.0413. The van der Waals surface area contributed by atoms with Crippen molar-refractivity contribution >= 4 is 0 Å². The van der Waals surface area contributed by atoms with Crippen LogP contribution >= 0.6 is 0 Å². The summed E-state index contributed by atoms with van der Waals surface area (Å²) in [5.74, 6) is 1.06. The molecule has 0 aromatic heterocycles. The van der Waals surface area contributed by atoms with Gasteiger partial charge in [-0.05, 0) is 31.4 Å². The number of nitrogens with one attached hydrogen (secondary N) is 1. The van der Waals surface area contributed by atoms with Crippen LogP contribution in [0.1, 0.15) is 25.3 Å². The Labute approximate surface area is 108 Å². The van der Waals surface area contributed by atoms with E-state index in [1.165, 1.54) is 5.56 Å².